The molecule has 2 fully saturated rings. The zero-order valence-corrected chi connectivity index (χ0v) is 13.5. The molecule has 0 radical (unpaired) electrons. The van der Waals surface area contributed by atoms with Crippen LogP contribution in [-0.4, -0.2) is 36.8 Å². The lowest BCUT2D eigenvalue weighted by atomic mass is 9.90. The summed E-state index contributed by atoms with van der Waals surface area (Å²) >= 11 is 0. The molecule has 24 heavy (non-hydrogen) atoms. The maximum Gasteiger partial charge on any atom is 0.573 e. The number of ether oxygens (including phenoxy) is 1. The van der Waals surface area contributed by atoms with E-state index in [4.69, 9.17) is 5.73 Å². The molecule has 1 saturated heterocycles. The van der Waals surface area contributed by atoms with Crippen LogP contribution in [0.4, 0.5) is 13.2 Å². The normalized spacial score (nSPS) is 29.6. The van der Waals surface area contributed by atoms with Crippen molar-refractivity contribution in [3.8, 4) is 5.75 Å². The van der Waals surface area contributed by atoms with Gasteiger partial charge in [-0.3, -0.25) is 4.79 Å². The largest absolute Gasteiger partial charge is 0.573 e. The van der Waals surface area contributed by atoms with E-state index in [1.165, 1.54) is 12.1 Å². The number of hydrogen-bond acceptors (Lipinski definition) is 3. The van der Waals surface area contributed by atoms with Crippen LogP contribution in [0.25, 0.3) is 0 Å². The third-order valence-corrected chi connectivity index (χ3v) is 5.01. The first-order valence-electron chi connectivity index (χ1n) is 8.06. The number of carbonyl (C=O) groups is 1. The molecular weight excluding hydrogens is 321 g/mol. The molecule has 1 amide bonds. The molecule has 3 rings (SSSR count). The highest BCUT2D eigenvalue weighted by Gasteiger charge is 2.49. The predicted molar refractivity (Wildman–Crippen MR) is 82.3 cm³/mol. The third-order valence-electron chi connectivity index (χ3n) is 5.01. The van der Waals surface area contributed by atoms with Gasteiger partial charge in [-0.2, -0.15) is 0 Å². The summed E-state index contributed by atoms with van der Waals surface area (Å²) in [6.07, 6.45) is -3.31. The van der Waals surface area contributed by atoms with Gasteiger partial charge in [-0.1, -0.05) is 25.1 Å². The maximum atomic E-state index is 12.6. The summed E-state index contributed by atoms with van der Waals surface area (Å²) in [6.45, 7) is 3.85. The Morgan fingerprint density at radius 3 is 2.75 bits per heavy atom. The fraction of sp³-hybridized carbons (Fsp3) is 0.588. The summed E-state index contributed by atoms with van der Waals surface area (Å²) in [5.74, 6) is -0.665. The van der Waals surface area contributed by atoms with Crippen LogP contribution >= 0.6 is 0 Å². The van der Waals surface area contributed by atoms with Crippen molar-refractivity contribution in [1.29, 1.82) is 0 Å². The van der Waals surface area contributed by atoms with Crippen molar-refractivity contribution < 1.29 is 22.7 Å². The van der Waals surface area contributed by atoms with Gasteiger partial charge < -0.3 is 15.4 Å². The number of halogens is 3. The number of carbonyl (C=O) groups excluding carboxylic acids is 1. The van der Waals surface area contributed by atoms with E-state index in [-0.39, 0.29) is 28.9 Å². The van der Waals surface area contributed by atoms with E-state index < -0.39 is 6.36 Å². The van der Waals surface area contributed by atoms with E-state index in [9.17, 15) is 18.0 Å². The van der Waals surface area contributed by atoms with Crippen LogP contribution in [0.15, 0.2) is 24.3 Å². The van der Waals surface area contributed by atoms with E-state index >= 15 is 0 Å². The minimum absolute atomic E-state index is 0.0130. The van der Waals surface area contributed by atoms with Crippen molar-refractivity contribution >= 4 is 5.91 Å². The van der Waals surface area contributed by atoms with Gasteiger partial charge in [0.2, 0.25) is 5.91 Å². The summed E-state index contributed by atoms with van der Waals surface area (Å²) in [6, 6.07) is 6.06. The molecule has 0 aromatic heterocycles. The molecule has 2 N–H and O–H groups in total. The van der Waals surface area contributed by atoms with Crippen LogP contribution in [0.5, 0.6) is 5.75 Å². The fourth-order valence-electron chi connectivity index (χ4n) is 3.43. The molecule has 132 valence electrons. The topological polar surface area (TPSA) is 55.6 Å². The van der Waals surface area contributed by atoms with Gasteiger partial charge in [-0.25, -0.2) is 0 Å². The molecule has 1 aromatic carbocycles. The predicted octanol–water partition coefficient (Wildman–Crippen LogP) is 2.89. The minimum atomic E-state index is -4.73. The van der Waals surface area contributed by atoms with Crippen molar-refractivity contribution in [3.05, 3.63) is 29.8 Å². The molecule has 1 aliphatic heterocycles. The van der Waals surface area contributed by atoms with Crippen LogP contribution < -0.4 is 10.5 Å². The first-order valence-corrected chi connectivity index (χ1v) is 8.06. The molecule has 3 unspecified atom stereocenters. The molecule has 3 atom stereocenters. The van der Waals surface area contributed by atoms with Gasteiger partial charge in [0.25, 0.3) is 0 Å². The fourth-order valence-corrected chi connectivity index (χ4v) is 3.43. The highest BCUT2D eigenvalue weighted by molar-refractivity contribution is 5.83. The molecule has 1 aromatic rings. The SMILES string of the molecule is CC1(CN)CCN(C(=O)C2CC2c2ccccc2OC(F)(F)F)C1. The molecule has 0 spiro atoms. The Labute approximate surface area is 138 Å². The number of hydrogen-bond donors (Lipinski definition) is 1. The summed E-state index contributed by atoms with van der Waals surface area (Å²) in [7, 11) is 0. The molecule has 1 saturated carbocycles. The monoisotopic (exact) mass is 342 g/mol. The number of nitrogens with two attached hydrogens (primary N) is 1. The zero-order valence-electron chi connectivity index (χ0n) is 13.5. The van der Waals surface area contributed by atoms with Crippen molar-refractivity contribution in [2.75, 3.05) is 19.6 Å². The molecule has 2 aliphatic rings. The van der Waals surface area contributed by atoms with Gasteiger partial charge >= 0.3 is 6.36 Å². The number of likely N-dealkylation sites (tertiary alicyclic amines) is 1. The summed E-state index contributed by atoms with van der Waals surface area (Å²) in [5.41, 5.74) is 6.15. The quantitative estimate of drug-likeness (QED) is 0.915. The van der Waals surface area contributed by atoms with Crippen molar-refractivity contribution in [1.82, 2.24) is 4.90 Å². The van der Waals surface area contributed by atoms with Crippen LogP contribution in [0, 0.1) is 11.3 Å². The van der Waals surface area contributed by atoms with Crippen LogP contribution in [0.1, 0.15) is 31.2 Å². The average molecular weight is 342 g/mol. The van der Waals surface area contributed by atoms with E-state index in [1.54, 1.807) is 17.0 Å². The Morgan fingerprint density at radius 2 is 2.12 bits per heavy atom. The van der Waals surface area contributed by atoms with Crippen LogP contribution in [0.3, 0.4) is 0 Å². The number of amides is 1. The Kier molecular flexibility index (Phi) is 4.23. The van der Waals surface area contributed by atoms with Crippen LogP contribution in [0.2, 0.25) is 0 Å². The number of alkyl halides is 3. The lowest BCUT2D eigenvalue weighted by Gasteiger charge is -2.22. The molecule has 7 heteroatoms. The van der Waals surface area contributed by atoms with E-state index in [0.29, 0.717) is 31.6 Å². The van der Waals surface area contributed by atoms with E-state index in [1.807, 2.05) is 0 Å². The number of rotatable bonds is 4. The Balaban J connectivity index is 1.69. The average Bonchev–Trinajstić information content (AvgIpc) is 3.21. The molecule has 4 nitrogen and oxygen atoms in total. The molecule has 1 aliphatic carbocycles. The van der Waals surface area contributed by atoms with Gasteiger partial charge in [0, 0.05) is 19.0 Å². The molecule has 0 bridgehead atoms. The summed E-state index contributed by atoms with van der Waals surface area (Å²) in [4.78, 5) is 14.4. The van der Waals surface area contributed by atoms with Crippen LogP contribution in [-0.2, 0) is 4.79 Å². The van der Waals surface area contributed by atoms with Crippen molar-refractivity contribution in [2.45, 2.75) is 32.0 Å². The van der Waals surface area contributed by atoms with Gasteiger partial charge in [0.15, 0.2) is 0 Å². The van der Waals surface area contributed by atoms with E-state index in [2.05, 4.69) is 11.7 Å². The summed E-state index contributed by atoms with van der Waals surface area (Å²) < 4.78 is 41.7. The zero-order chi connectivity index (χ0) is 17.5. The standard InChI is InChI=1S/C17H21F3N2O2/c1-16(9-21)6-7-22(10-16)15(23)13-8-12(13)11-4-2-3-5-14(11)24-17(18,19)20/h2-5,12-13H,6-10,21H2,1H3. The lowest BCUT2D eigenvalue weighted by molar-refractivity contribution is -0.274. The van der Waals surface area contributed by atoms with Gasteiger partial charge in [0.1, 0.15) is 5.75 Å². The first-order chi connectivity index (χ1) is 11.2. The van der Waals surface area contributed by atoms with Gasteiger partial charge in [-0.05, 0) is 42.3 Å². The number of para-hydroxylation sites is 1. The summed E-state index contributed by atoms with van der Waals surface area (Å²) in [5, 5.41) is 0. The van der Waals surface area contributed by atoms with Gasteiger partial charge in [-0.15, -0.1) is 13.2 Å². The maximum absolute atomic E-state index is 12.6. The Bertz CT molecular complexity index is 635. The third kappa shape index (κ3) is 3.50. The second-order valence-electron chi connectivity index (χ2n) is 7.06. The second kappa shape index (κ2) is 5.95. The second-order valence-corrected chi connectivity index (χ2v) is 7.06. The number of benzene rings is 1. The molecular formula is C17H21F3N2O2. The van der Waals surface area contributed by atoms with Gasteiger partial charge in [0.05, 0.1) is 0 Å². The highest BCUT2D eigenvalue weighted by atomic mass is 19.4. The minimum Gasteiger partial charge on any atom is -0.405 e. The Morgan fingerprint density at radius 1 is 1.42 bits per heavy atom. The molecule has 1 heterocycles. The van der Waals surface area contributed by atoms with Crippen molar-refractivity contribution in [3.63, 3.8) is 0 Å². The highest BCUT2D eigenvalue weighted by Crippen LogP contribution is 2.52. The van der Waals surface area contributed by atoms with E-state index in [0.717, 1.165) is 6.42 Å². The smallest absolute Gasteiger partial charge is 0.405 e. The number of nitrogens with zero attached hydrogens (tertiary/aromatic N) is 1. The lowest BCUT2D eigenvalue weighted by Crippen LogP contribution is -2.35. The Hall–Kier alpha value is -1.76. The van der Waals surface area contributed by atoms with Crippen molar-refractivity contribution in [2.24, 2.45) is 17.1 Å². The first kappa shape index (κ1) is 17.1.